The minimum absolute atomic E-state index is 0.0580. The maximum atomic E-state index is 11.1. The van der Waals surface area contributed by atoms with Crippen molar-refractivity contribution in [1.29, 1.82) is 0 Å². The largest absolute Gasteiger partial charge is 0.481 e. The lowest BCUT2D eigenvalue weighted by molar-refractivity contribution is -0.143. The summed E-state index contributed by atoms with van der Waals surface area (Å²) in [5, 5.41) is 9.15. The lowest BCUT2D eigenvalue weighted by Gasteiger charge is -2.38. The zero-order valence-corrected chi connectivity index (χ0v) is 15.4. The number of carbonyl (C=O) groups is 1. The average molecular weight is 323 g/mol. The molecular weight excluding hydrogens is 284 g/mol. The van der Waals surface area contributed by atoms with Crippen LogP contribution < -0.4 is 0 Å². The van der Waals surface area contributed by atoms with Crippen LogP contribution in [-0.2, 0) is 4.79 Å². The highest BCUT2D eigenvalue weighted by Crippen LogP contribution is 2.42. The normalized spacial score (nSPS) is 33.3. The highest BCUT2D eigenvalue weighted by atomic mass is 16.4. The third-order valence-corrected chi connectivity index (χ3v) is 6.97. The summed E-state index contributed by atoms with van der Waals surface area (Å²) in [6.07, 6.45) is 17.0. The van der Waals surface area contributed by atoms with Gasteiger partial charge in [0.1, 0.15) is 0 Å². The number of carboxylic acid groups (broad SMARTS) is 1. The number of carboxylic acids is 1. The van der Waals surface area contributed by atoms with Crippen molar-refractivity contribution in [3.8, 4) is 0 Å². The van der Waals surface area contributed by atoms with Gasteiger partial charge in [-0.15, -0.1) is 0 Å². The number of aliphatic carboxylic acids is 1. The van der Waals surface area contributed by atoms with E-state index in [4.69, 9.17) is 5.11 Å². The smallest absolute Gasteiger partial charge is 0.306 e. The third-order valence-electron chi connectivity index (χ3n) is 6.97. The van der Waals surface area contributed by atoms with Crippen molar-refractivity contribution < 1.29 is 9.90 Å². The van der Waals surface area contributed by atoms with Crippen LogP contribution in [0, 0.1) is 29.6 Å². The highest BCUT2D eigenvalue weighted by Gasteiger charge is 2.33. The molecule has 0 amide bonds. The fourth-order valence-corrected chi connectivity index (χ4v) is 5.14. The summed E-state index contributed by atoms with van der Waals surface area (Å²) in [4.78, 5) is 11.1. The predicted octanol–water partition coefficient (Wildman–Crippen LogP) is 6.29. The molecule has 2 fully saturated rings. The molecule has 0 heterocycles. The van der Waals surface area contributed by atoms with Crippen molar-refractivity contribution in [2.24, 2.45) is 29.6 Å². The van der Waals surface area contributed by atoms with E-state index in [0.717, 1.165) is 49.4 Å². The third kappa shape index (κ3) is 5.80. The minimum Gasteiger partial charge on any atom is -0.481 e. The lowest BCUT2D eigenvalue weighted by Crippen LogP contribution is -2.30. The second-order valence-corrected chi connectivity index (χ2v) is 8.44. The number of hydrogen-bond acceptors (Lipinski definition) is 1. The van der Waals surface area contributed by atoms with Gasteiger partial charge in [0.15, 0.2) is 0 Å². The van der Waals surface area contributed by atoms with Crippen LogP contribution in [0.1, 0.15) is 97.3 Å². The first kappa shape index (κ1) is 18.8. The monoisotopic (exact) mass is 322 g/mol. The first-order chi connectivity index (χ1) is 11.1. The number of rotatable bonds is 8. The second kappa shape index (κ2) is 9.69. The van der Waals surface area contributed by atoms with Crippen LogP contribution in [-0.4, -0.2) is 11.1 Å². The lowest BCUT2D eigenvalue weighted by atomic mass is 9.67. The summed E-state index contributed by atoms with van der Waals surface area (Å²) in [5.41, 5.74) is 0. The van der Waals surface area contributed by atoms with Gasteiger partial charge in [-0.2, -0.15) is 0 Å². The molecule has 0 bridgehead atoms. The molecule has 1 atom stereocenters. The molecule has 0 radical (unpaired) electrons. The number of unbranched alkanes of at least 4 members (excludes halogenated alkanes) is 3. The van der Waals surface area contributed by atoms with Crippen LogP contribution in [0.25, 0.3) is 0 Å². The van der Waals surface area contributed by atoms with Crippen molar-refractivity contribution >= 4 is 5.97 Å². The van der Waals surface area contributed by atoms with Gasteiger partial charge in [0.05, 0.1) is 5.92 Å². The Kier molecular flexibility index (Phi) is 7.92. The van der Waals surface area contributed by atoms with Crippen LogP contribution in [0.3, 0.4) is 0 Å². The molecule has 23 heavy (non-hydrogen) atoms. The van der Waals surface area contributed by atoms with Gasteiger partial charge in [-0.1, -0.05) is 58.8 Å². The molecule has 0 aromatic rings. The molecule has 134 valence electrons. The van der Waals surface area contributed by atoms with Crippen molar-refractivity contribution in [3.05, 3.63) is 0 Å². The molecule has 2 aliphatic carbocycles. The van der Waals surface area contributed by atoms with Gasteiger partial charge in [-0.25, -0.2) is 0 Å². The Bertz CT molecular complexity index is 336. The summed E-state index contributed by atoms with van der Waals surface area (Å²) < 4.78 is 0. The van der Waals surface area contributed by atoms with Crippen molar-refractivity contribution in [1.82, 2.24) is 0 Å². The van der Waals surface area contributed by atoms with Gasteiger partial charge < -0.3 is 5.11 Å². The maximum absolute atomic E-state index is 11.1. The Labute approximate surface area is 143 Å². The quantitative estimate of drug-likeness (QED) is 0.533. The van der Waals surface area contributed by atoms with E-state index in [1.165, 1.54) is 57.8 Å². The van der Waals surface area contributed by atoms with E-state index in [-0.39, 0.29) is 5.92 Å². The molecule has 1 unspecified atom stereocenters. The summed E-state index contributed by atoms with van der Waals surface area (Å²) in [6.45, 7) is 4.74. The van der Waals surface area contributed by atoms with Crippen LogP contribution in [0.15, 0.2) is 0 Å². The van der Waals surface area contributed by atoms with Gasteiger partial charge in [-0.3, -0.25) is 4.79 Å². The van der Waals surface area contributed by atoms with Gasteiger partial charge in [0.25, 0.3) is 0 Å². The van der Waals surface area contributed by atoms with Crippen molar-refractivity contribution in [3.63, 3.8) is 0 Å². The maximum Gasteiger partial charge on any atom is 0.306 e. The van der Waals surface area contributed by atoms with Crippen LogP contribution in [0.5, 0.6) is 0 Å². The highest BCUT2D eigenvalue weighted by molar-refractivity contribution is 5.69. The Morgan fingerprint density at radius 2 is 1.48 bits per heavy atom. The molecule has 2 heteroatoms. The molecular formula is C21H38O2. The molecule has 0 aliphatic heterocycles. The first-order valence-corrected chi connectivity index (χ1v) is 10.3. The summed E-state index contributed by atoms with van der Waals surface area (Å²) in [5.74, 6) is 2.88. The second-order valence-electron chi connectivity index (χ2n) is 8.44. The van der Waals surface area contributed by atoms with Gasteiger partial charge in [0, 0.05) is 0 Å². The average Bonchev–Trinajstić information content (AvgIpc) is 2.59. The van der Waals surface area contributed by atoms with E-state index in [9.17, 15) is 4.79 Å². The summed E-state index contributed by atoms with van der Waals surface area (Å²) in [6, 6.07) is 0. The van der Waals surface area contributed by atoms with Crippen LogP contribution in [0.4, 0.5) is 0 Å². The molecule has 2 aliphatic rings. The topological polar surface area (TPSA) is 37.3 Å². The van der Waals surface area contributed by atoms with Crippen molar-refractivity contribution in [2.45, 2.75) is 97.3 Å². The molecule has 0 aromatic heterocycles. The molecule has 2 saturated carbocycles. The Morgan fingerprint density at radius 1 is 0.913 bits per heavy atom. The van der Waals surface area contributed by atoms with E-state index in [0.29, 0.717) is 0 Å². The van der Waals surface area contributed by atoms with Gasteiger partial charge >= 0.3 is 5.97 Å². The minimum atomic E-state index is -0.570. The summed E-state index contributed by atoms with van der Waals surface area (Å²) >= 11 is 0. The Balaban J connectivity index is 1.65. The molecule has 2 nitrogen and oxygen atoms in total. The fourth-order valence-electron chi connectivity index (χ4n) is 5.14. The fraction of sp³-hybridized carbons (Fsp3) is 0.952. The Morgan fingerprint density at radius 3 is 2.00 bits per heavy atom. The van der Waals surface area contributed by atoms with Crippen LogP contribution >= 0.6 is 0 Å². The van der Waals surface area contributed by atoms with Gasteiger partial charge in [0.2, 0.25) is 0 Å². The standard InChI is InChI=1S/C21H38O2/c1-3-4-5-6-7-17-8-10-18(11-9-17)16(2)19-12-14-20(15-13-19)21(22)23/h16-20H,3-15H2,1-2H3,(H,22,23). The predicted molar refractivity (Wildman–Crippen MR) is 96.5 cm³/mol. The van der Waals surface area contributed by atoms with E-state index in [1.54, 1.807) is 0 Å². The van der Waals surface area contributed by atoms with E-state index < -0.39 is 5.97 Å². The van der Waals surface area contributed by atoms with Crippen LogP contribution in [0.2, 0.25) is 0 Å². The zero-order valence-electron chi connectivity index (χ0n) is 15.4. The van der Waals surface area contributed by atoms with Crippen molar-refractivity contribution in [2.75, 3.05) is 0 Å². The molecule has 2 rings (SSSR count). The molecule has 1 N–H and O–H groups in total. The summed E-state index contributed by atoms with van der Waals surface area (Å²) in [7, 11) is 0. The SMILES string of the molecule is CCCCCCC1CCC(C(C)C2CCC(C(=O)O)CC2)CC1. The Hall–Kier alpha value is -0.530. The van der Waals surface area contributed by atoms with E-state index in [2.05, 4.69) is 13.8 Å². The zero-order chi connectivity index (χ0) is 16.7. The molecule has 0 spiro atoms. The number of hydrogen-bond donors (Lipinski definition) is 1. The molecule has 0 aromatic carbocycles. The van der Waals surface area contributed by atoms with E-state index >= 15 is 0 Å². The van der Waals surface area contributed by atoms with E-state index in [1.807, 2.05) is 0 Å². The molecule has 0 saturated heterocycles. The van der Waals surface area contributed by atoms with Gasteiger partial charge in [-0.05, 0) is 62.2 Å². The first-order valence-electron chi connectivity index (χ1n) is 10.3.